The molecule has 1 aromatic carbocycles. The molecule has 29 heavy (non-hydrogen) atoms. The average molecular weight is 432 g/mol. The summed E-state index contributed by atoms with van der Waals surface area (Å²) in [6.45, 7) is 2.54. The quantitative estimate of drug-likeness (QED) is 0.634. The number of benzene rings is 1. The molecular weight excluding hydrogens is 410 g/mol. The maximum Gasteiger partial charge on any atom is 0.289 e. The second-order valence-electron chi connectivity index (χ2n) is 7.54. The lowest BCUT2D eigenvalue weighted by Crippen LogP contribution is -2.52. The number of para-hydroxylation sites is 1. The van der Waals surface area contributed by atoms with Crippen molar-refractivity contribution in [3.8, 4) is 10.8 Å². The van der Waals surface area contributed by atoms with Crippen LogP contribution in [0.5, 0.6) is 0 Å². The highest BCUT2D eigenvalue weighted by molar-refractivity contribution is 7.91. The summed E-state index contributed by atoms with van der Waals surface area (Å²) in [6.07, 6.45) is 0.694. The topological polar surface area (TPSA) is 83.7 Å². The number of carbonyl (C=O) groups excluding carboxylic acids is 1. The van der Waals surface area contributed by atoms with Gasteiger partial charge >= 0.3 is 0 Å². The standard InChI is InChI=1S/C20H21N3O4S2/c24-20(23-10-8-22(9-11-23)14-7-12-29(25,26)13-14)17-6-5-16(27-17)19-21-15-3-1-2-4-18(15)28-19/h1-6,14H,7-13H2. The van der Waals surface area contributed by atoms with Gasteiger partial charge in [0.2, 0.25) is 0 Å². The summed E-state index contributed by atoms with van der Waals surface area (Å²) in [6, 6.07) is 11.5. The van der Waals surface area contributed by atoms with Gasteiger partial charge in [-0.15, -0.1) is 11.3 Å². The highest BCUT2D eigenvalue weighted by Gasteiger charge is 2.34. The van der Waals surface area contributed by atoms with Crippen LogP contribution in [-0.2, 0) is 9.84 Å². The molecule has 2 saturated heterocycles. The molecule has 4 heterocycles. The lowest BCUT2D eigenvalue weighted by molar-refractivity contribution is 0.0559. The van der Waals surface area contributed by atoms with Crippen LogP contribution in [0.25, 0.3) is 21.0 Å². The summed E-state index contributed by atoms with van der Waals surface area (Å²) in [5.41, 5.74) is 0.918. The first-order chi connectivity index (χ1) is 14.0. The normalized spacial score (nSPS) is 22.3. The molecule has 2 aromatic heterocycles. The zero-order chi connectivity index (χ0) is 20.0. The lowest BCUT2D eigenvalue weighted by Gasteiger charge is -2.37. The number of rotatable bonds is 3. The molecule has 0 radical (unpaired) electrons. The first-order valence-corrected chi connectivity index (χ1v) is 12.3. The number of aromatic nitrogens is 1. The van der Waals surface area contributed by atoms with Gasteiger partial charge in [-0.05, 0) is 30.7 Å². The van der Waals surface area contributed by atoms with Crippen molar-refractivity contribution in [1.82, 2.24) is 14.8 Å². The van der Waals surface area contributed by atoms with Crippen LogP contribution in [0.3, 0.4) is 0 Å². The molecule has 1 amide bonds. The van der Waals surface area contributed by atoms with Gasteiger partial charge in [-0.25, -0.2) is 13.4 Å². The number of amides is 1. The van der Waals surface area contributed by atoms with Crippen LogP contribution in [0, 0.1) is 0 Å². The fourth-order valence-electron chi connectivity index (χ4n) is 4.05. The van der Waals surface area contributed by atoms with E-state index in [9.17, 15) is 13.2 Å². The maximum atomic E-state index is 12.8. The summed E-state index contributed by atoms with van der Waals surface area (Å²) in [5, 5.41) is 0.762. The second-order valence-corrected chi connectivity index (χ2v) is 10.8. The van der Waals surface area contributed by atoms with Gasteiger partial charge in [0.25, 0.3) is 5.91 Å². The van der Waals surface area contributed by atoms with Gasteiger partial charge in [0, 0.05) is 32.2 Å². The summed E-state index contributed by atoms with van der Waals surface area (Å²) in [4.78, 5) is 21.4. The van der Waals surface area contributed by atoms with E-state index in [-0.39, 0.29) is 23.5 Å². The third-order valence-corrected chi connectivity index (χ3v) is 8.45. The third-order valence-electron chi connectivity index (χ3n) is 5.65. The lowest BCUT2D eigenvalue weighted by atomic mass is 10.2. The van der Waals surface area contributed by atoms with Crippen molar-refractivity contribution < 1.29 is 17.6 Å². The minimum atomic E-state index is -2.89. The van der Waals surface area contributed by atoms with Gasteiger partial charge in [-0.2, -0.15) is 0 Å². The van der Waals surface area contributed by atoms with Crippen molar-refractivity contribution in [2.45, 2.75) is 12.5 Å². The first-order valence-electron chi connectivity index (χ1n) is 9.68. The molecule has 5 rings (SSSR count). The number of furan rings is 1. The van der Waals surface area contributed by atoms with Gasteiger partial charge in [-0.1, -0.05) is 12.1 Å². The molecule has 0 N–H and O–H groups in total. The zero-order valence-electron chi connectivity index (χ0n) is 15.8. The SMILES string of the molecule is O=C(c1ccc(-c2nc3ccccc3s2)o1)N1CCN(C2CCS(=O)(=O)C2)CC1. The minimum absolute atomic E-state index is 0.0894. The largest absolute Gasteiger partial charge is 0.448 e. The monoisotopic (exact) mass is 431 g/mol. The Balaban J connectivity index is 1.25. The van der Waals surface area contributed by atoms with Gasteiger partial charge in [0.1, 0.15) is 0 Å². The Bertz CT molecular complexity index is 1130. The fourth-order valence-corrected chi connectivity index (χ4v) is 6.74. The first kappa shape index (κ1) is 18.8. The predicted octanol–water partition coefficient (Wildman–Crippen LogP) is 2.50. The molecule has 2 aliphatic rings. The van der Waals surface area contributed by atoms with Crippen LogP contribution < -0.4 is 0 Å². The van der Waals surface area contributed by atoms with Crippen LogP contribution in [0.1, 0.15) is 17.0 Å². The molecule has 1 unspecified atom stereocenters. The molecule has 2 aliphatic heterocycles. The maximum absolute atomic E-state index is 12.8. The molecule has 1 atom stereocenters. The van der Waals surface area contributed by atoms with E-state index in [1.165, 1.54) is 11.3 Å². The van der Waals surface area contributed by atoms with Crippen molar-refractivity contribution in [1.29, 1.82) is 0 Å². The van der Waals surface area contributed by atoms with Crippen molar-refractivity contribution >= 4 is 37.3 Å². The third kappa shape index (κ3) is 3.70. The van der Waals surface area contributed by atoms with Crippen LogP contribution in [0.2, 0.25) is 0 Å². The van der Waals surface area contributed by atoms with Gasteiger partial charge in [-0.3, -0.25) is 9.69 Å². The van der Waals surface area contributed by atoms with E-state index < -0.39 is 9.84 Å². The van der Waals surface area contributed by atoms with Crippen LogP contribution in [0.4, 0.5) is 0 Å². The molecular formula is C20H21N3O4S2. The predicted molar refractivity (Wildman–Crippen MR) is 112 cm³/mol. The van der Waals surface area contributed by atoms with Crippen molar-refractivity contribution in [3.63, 3.8) is 0 Å². The summed E-state index contributed by atoms with van der Waals surface area (Å²) in [7, 11) is -2.89. The molecule has 152 valence electrons. The number of hydrogen-bond donors (Lipinski definition) is 0. The Hall–Kier alpha value is -2.23. The molecule has 0 spiro atoms. The molecule has 9 heteroatoms. The van der Waals surface area contributed by atoms with Crippen LogP contribution in [-0.4, -0.2) is 72.8 Å². The van der Waals surface area contributed by atoms with E-state index in [1.54, 1.807) is 17.0 Å². The Labute approximate surface area is 172 Å². The number of fused-ring (bicyclic) bond motifs is 1. The number of piperazine rings is 1. The fraction of sp³-hybridized carbons (Fsp3) is 0.400. The van der Waals surface area contributed by atoms with Crippen molar-refractivity contribution in [3.05, 3.63) is 42.2 Å². The van der Waals surface area contributed by atoms with E-state index in [4.69, 9.17) is 4.42 Å². The van der Waals surface area contributed by atoms with E-state index in [0.717, 1.165) is 15.2 Å². The number of hydrogen-bond acceptors (Lipinski definition) is 7. The Morgan fingerprint density at radius 2 is 1.90 bits per heavy atom. The second kappa shape index (κ2) is 7.23. The number of carbonyl (C=O) groups is 1. The van der Waals surface area contributed by atoms with Gasteiger partial charge in [0.05, 0.1) is 21.7 Å². The number of nitrogens with zero attached hydrogens (tertiary/aromatic N) is 3. The van der Waals surface area contributed by atoms with Gasteiger partial charge in [0.15, 0.2) is 26.4 Å². The summed E-state index contributed by atoms with van der Waals surface area (Å²) < 4.78 is 30.3. The molecule has 0 bridgehead atoms. The Morgan fingerprint density at radius 1 is 1.10 bits per heavy atom. The zero-order valence-corrected chi connectivity index (χ0v) is 17.4. The minimum Gasteiger partial charge on any atom is -0.448 e. The molecule has 7 nitrogen and oxygen atoms in total. The Morgan fingerprint density at radius 3 is 2.62 bits per heavy atom. The molecule has 0 aliphatic carbocycles. The molecule has 3 aromatic rings. The highest BCUT2D eigenvalue weighted by Crippen LogP contribution is 2.31. The summed E-state index contributed by atoms with van der Waals surface area (Å²) in [5.74, 6) is 1.30. The summed E-state index contributed by atoms with van der Waals surface area (Å²) >= 11 is 1.54. The van der Waals surface area contributed by atoms with E-state index in [1.807, 2.05) is 24.3 Å². The highest BCUT2D eigenvalue weighted by atomic mass is 32.2. The van der Waals surface area contributed by atoms with E-state index in [2.05, 4.69) is 9.88 Å². The Kier molecular flexibility index (Phi) is 4.68. The van der Waals surface area contributed by atoms with Gasteiger partial charge < -0.3 is 9.32 Å². The van der Waals surface area contributed by atoms with E-state index in [0.29, 0.717) is 44.1 Å². The average Bonchev–Trinajstić information content (AvgIpc) is 3.45. The molecule has 0 saturated carbocycles. The van der Waals surface area contributed by atoms with Crippen molar-refractivity contribution in [2.75, 3.05) is 37.7 Å². The van der Waals surface area contributed by atoms with E-state index >= 15 is 0 Å². The van der Waals surface area contributed by atoms with Crippen LogP contribution >= 0.6 is 11.3 Å². The smallest absolute Gasteiger partial charge is 0.289 e. The molecule has 2 fully saturated rings. The number of sulfone groups is 1. The van der Waals surface area contributed by atoms with Crippen LogP contribution in [0.15, 0.2) is 40.8 Å². The number of thiazole rings is 1. The van der Waals surface area contributed by atoms with Crippen molar-refractivity contribution in [2.24, 2.45) is 0 Å².